The second kappa shape index (κ2) is 11.2. The van der Waals surface area contributed by atoms with E-state index in [9.17, 15) is 9.59 Å². The molecule has 0 aliphatic carbocycles. The Kier molecular flexibility index (Phi) is 8.04. The molecule has 8 nitrogen and oxygen atoms in total. The molecule has 0 fully saturated rings. The number of benzene rings is 2. The summed E-state index contributed by atoms with van der Waals surface area (Å²) in [6, 6.07) is 10.0. The van der Waals surface area contributed by atoms with Gasteiger partial charge in [0, 0.05) is 0 Å². The number of allylic oxidation sites excluding steroid dienone is 1. The number of aromatic nitrogens is 1. The van der Waals surface area contributed by atoms with Gasteiger partial charge >= 0.3 is 5.97 Å². The van der Waals surface area contributed by atoms with Crippen molar-refractivity contribution in [1.82, 2.24) is 4.57 Å². The average Bonchev–Trinajstić information content (AvgIpc) is 3.17. The van der Waals surface area contributed by atoms with Crippen LogP contribution < -0.4 is 29.1 Å². The summed E-state index contributed by atoms with van der Waals surface area (Å²) in [6.07, 6.45) is 1.73. The van der Waals surface area contributed by atoms with E-state index >= 15 is 0 Å². The van der Waals surface area contributed by atoms with Crippen LogP contribution >= 0.6 is 22.9 Å². The van der Waals surface area contributed by atoms with Crippen molar-refractivity contribution in [1.29, 1.82) is 0 Å². The predicted octanol–water partition coefficient (Wildman–Crippen LogP) is 3.87. The molecule has 1 aliphatic heterocycles. The predicted molar refractivity (Wildman–Crippen MR) is 143 cm³/mol. The molecule has 2 heterocycles. The van der Waals surface area contributed by atoms with Crippen molar-refractivity contribution in [3.05, 3.63) is 83.5 Å². The lowest BCUT2D eigenvalue weighted by Gasteiger charge is -2.25. The van der Waals surface area contributed by atoms with Crippen LogP contribution in [0.4, 0.5) is 0 Å². The van der Waals surface area contributed by atoms with E-state index in [-0.39, 0.29) is 12.2 Å². The third kappa shape index (κ3) is 5.14. The molecule has 1 aliphatic rings. The number of esters is 1. The van der Waals surface area contributed by atoms with Gasteiger partial charge in [0.2, 0.25) is 0 Å². The lowest BCUT2D eigenvalue weighted by molar-refractivity contribution is -0.139. The van der Waals surface area contributed by atoms with Crippen LogP contribution in [0.1, 0.15) is 37.9 Å². The molecule has 0 unspecified atom stereocenters. The third-order valence-electron chi connectivity index (χ3n) is 5.76. The molecule has 0 saturated heterocycles. The summed E-state index contributed by atoms with van der Waals surface area (Å²) in [4.78, 5) is 31.9. The van der Waals surface area contributed by atoms with E-state index in [2.05, 4.69) is 4.99 Å². The highest BCUT2D eigenvalue weighted by Gasteiger charge is 2.33. The van der Waals surface area contributed by atoms with Gasteiger partial charge < -0.3 is 18.9 Å². The zero-order chi connectivity index (χ0) is 26.7. The number of thiazole rings is 1. The molecule has 10 heteroatoms. The molecule has 4 rings (SSSR count). The van der Waals surface area contributed by atoms with Crippen molar-refractivity contribution in [2.75, 3.05) is 27.4 Å². The maximum atomic E-state index is 13.8. The molecule has 0 spiro atoms. The van der Waals surface area contributed by atoms with Gasteiger partial charge in [-0.05, 0) is 62.2 Å². The fourth-order valence-electron chi connectivity index (χ4n) is 4.20. The lowest BCUT2D eigenvalue weighted by Crippen LogP contribution is -2.39. The number of carbonyl (C=O) groups excluding carboxylic acids is 1. The van der Waals surface area contributed by atoms with Crippen molar-refractivity contribution in [3.63, 3.8) is 0 Å². The summed E-state index contributed by atoms with van der Waals surface area (Å²) in [5.74, 6) is 0.990. The second-order valence-electron chi connectivity index (χ2n) is 8.05. The van der Waals surface area contributed by atoms with Crippen LogP contribution in [0.2, 0.25) is 5.02 Å². The van der Waals surface area contributed by atoms with Crippen LogP contribution in [0, 0.1) is 0 Å². The Bertz CT molecular complexity index is 1560. The number of halogens is 1. The number of hydrogen-bond acceptors (Lipinski definition) is 8. The second-order valence-corrected chi connectivity index (χ2v) is 9.46. The van der Waals surface area contributed by atoms with Gasteiger partial charge in [-0.3, -0.25) is 9.36 Å². The van der Waals surface area contributed by atoms with Crippen molar-refractivity contribution in [2.45, 2.75) is 26.8 Å². The van der Waals surface area contributed by atoms with Crippen molar-refractivity contribution < 1.29 is 23.7 Å². The normalized spacial score (nSPS) is 15.2. The third-order valence-corrected chi connectivity index (χ3v) is 7.02. The summed E-state index contributed by atoms with van der Waals surface area (Å²) in [5.41, 5.74) is 1.87. The highest BCUT2D eigenvalue weighted by molar-refractivity contribution is 7.07. The number of nitrogens with zero attached hydrogens (tertiary/aromatic N) is 2. The van der Waals surface area contributed by atoms with Gasteiger partial charge in [0.05, 0.1) is 54.3 Å². The Labute approximate surface area is 223 Å². The molecule has 1 aromatic heterocycles. The van der Waals surface area contributed by atoms with Crippen molar-refractivity contribution in [3.8, 4) is 17.2 Å². The summed E-state index contributed by atoms with van der Waals surface area (Å²) in [6.45, 7) is 5.97. The standard InChI is InChI=1S/C27H27ClN2O6S/c1-6-35-20-12-16(11-19(28)24(20)34-5)13-21-25(31)30-23(17-9-8-10-18(14-17)33-4)22(26(32)36-7-2)15(3)29-27(30)37-21/h8-14,23H,6-7H2,1-5H3/b21-13-/t23-/m1/s1. The van der Waals surface area contributed by atoms with Crippen LogP contribution in [0.5, 0.6) is 17.2 Å². The smallest absolute Gasteiger partial charge is 0.338 e. The fraction of sp³-hybridized carbons (Fsp3) is 0.296. The number of methoxy groups -OCH3 is 2. The molecule has 37 heavy (non-hydrogen) atoms. The first-order valence-electron chi connectivity index (χ1n) is 11.7. The van der Waals surface area contributed by atoms with Gasteiger partial charge in [-0.1, -0.05) is 35.1 Å². The maximum Gasteiger partial charge on any atom is 0.338 e. The molecular weight excluding hydrogens is 516 g/mol. The van der Waals surface area contributed by atoms with E-state index in [1.54, 1.807) is 51.3 Å². The number of rotatable bonds is 8. The topological polar surface area (TPSA) is 88.4 Å². The number of hydrogen-bond donors (Lipinski definition) is 0. The zero-order valence-corrected chi connectivity index (χ0v) is 22.7. The van der Waals surface area contributed by atoms with Gasteiger partial charge in [0.25, 0.3) is 5.56 Å². The van der Waals surface area contributed by atoms with Gasteiger partial charge in [-0.15, -0.1) is 0 Å². The fourth-order valence-corrected chi connectivity index (χ4v) is 5.55. The largest absolute Gasteiger partial charge is 0.497 e. The molecule has 0 saturated carbocycles. The summed E-state index contributed by atoms with van der Waals surface area (Å²) >= 11 is 7.65. The number of fused-ring (bicyclic) bond motifs is 1. The minimum atomic E-state index is -0.731. The Morgan fingerprint density at radius 2 is 1.95 bits per heavy atom. The van der Waals surface area contributed by atoms with Gasteiger partial charge in [0.1, 0.15) is 5.75 Å². The minimum Gasteiger partial charge on any atom is -0.497 e. The summed E-state index contributed by atoms with van der Waals surface area (Å²) < 4.78 is 23.7. The molecule has 194 valence electrons. The molecular formula is C27H27ClN2O6S. The Morgan fingerprint density at radius 3 is 2.62 bits per heavy atom. The molecule has 3 aromatic rings. The highest BCUT2D eigenvalue weighted by Crippen LogP contribution is 2.36. The SMILES string of the molecule is CCOC(=O)C1=C(C)N=c2s/c(=C\c3cc(Cl)c(OC)c(OCC)c3)c(=O)n2[C@@H]1c1cccc(OC)c1. The van der Waals surface area contributed by atoms with E-state index in [1.807, 2.05) is 19.1 Å². The summed E-state index contributed by atoms with van der Waals surface area (Å²) in [7, 11) is 3.08. The van der Waals surface area contributed by atoms with E-state index in [0.717, 1.165) is 0 Å². The molecule has 0 amide bonds. The van der Waals surface area contributed by atoms with E-state index in [4.69, 9.17) is 30.5 Å². The summed E-state index contributed by atoms with van der Waals surface area (Å²) in [5, 5.41) is 0.363. The van der Waals surface area contributed by atoms with Crippen molar-refractivity contribution >= 4 is 35.0 Å². The highest BCUT2D eigenvalue weighted by atomic mass is 35.5. The monoisotopic (exact) mass is 542 g/mol. The maximum absolute atomic E-state index is 13.8. The number of ether oxygens (including phenoxy) is 4. The van der Waals surface area contributed by atoms with E-state index in [0.29, 0.717) is 60.6 Å². The van der Waals surface area contributed by atoms with Gasteiger partial charge in [-0.2, -0.15) is 0 Å². The van der Waals surface area contributed by atoms with Crippen LogP contribution in [0.15, 0.2) is 57.5 Å². The van der Waals surface area contributed by atoms with Crippen molar-refractivity contribution in [2.24, 2.45) is 4.99 Å². The van der Waals surface area contributed by atoms with E-state index in [1.165, 1.54) is 23.0 Å². The number of carbonyl (C=O) groups is 1. The molecule has 0 N–H and O–H groups in total. The van der Waals surface area contributed by atoms with Crippen LogP contribution in [0.3, 0.4) is 0 Å². The first-order chi connectivity index (χ1) is 17.8. The first kappa shape index (κ1) is 26.5. The Balaban J connectivity index is 1.94. The molecule has 0 bridgehead atoms. The van der Waals surface area contributed by atoms with Crippen LogP contribution in [0.25, 0.3) is 6.08 Å². The van der Waals surface area contributed by atoms with E-state index < -0.39 is 12.0 Å². The van der Waals surface area contributed by atoms with Crippen LogP contribution in [-0.4, -0.2) is 38.0 Å². The zero-order valence-electron chi connectivity index (χ0n) is 21.2. The molecule has 1 atom stereocenters. The molecule has 0 radical (unpaired) electrons. The van der Waals surface area contributed by atoms with Gasteiger partial charge in [0.15, 0.2) is 16.3 Å². The molecule has 2 aromatic carbocycles. The average molecular weight is 543 g/mol. The quantitative estimate of drug-likeness (QED) is 0.402. The minimum absolute atomic E-state index is 0.200. The van der Waals surface area contributed by atoms with Gasteiger partial charge in [-0.25, -0.2) is 9.79 Å². The van der Waals surface area contributed by atoms with Crippen LogP contribution in [-0.2, 0) is 9.53 Å². The Hall–Kier alpha value is -3.56. The first-order valence-corrected chi connectivity index (χ1v) is 12.9. The Morgan fingerprint density at radius 1 is 1.16 bits per heavy atom. The lowest BCUT2D eigenvalue weighted by atomic mass is 9.95.